The van der Waals surface area contributed by atoms with Crippen LogP contribution in [-0.2, 0) is 0 Å². The third kappa shape index (κ3) is 1.95. The molecule has 0 amide bonds. The minimum atomic E-state index is 0.612. The van der Waals surface area contributed by atoms with Gasteiger partial charge in [-0.1, -0.05) is 11.6 Å². The van der Waals surface area contributed by atoms with Gasteiger partial charge in [0, 0.05) is 35.2 Å². The summed E-state index contributed by atoms with van der Waals surface area (Å²) in [5, 5.41) is 0.612. The molecule has 2 rings (SSSR count). The minimum absolute atomic E-state index is 0.612. The Hall–Kier alpha value is -1.15. The van der Waals surface area contributed by atoms with Gasteiger partial charge in [-0.25, -0.2) is 4.99 Å². The number of nitrogens with zero attached hydrogens (tertiary/aromatic N) is 2. The van der Waals surface area contributed by atoms with Crippen molar-refractivity contribution in [2.45, 2.75) is 27.2 Å². The number of aliphatic imine (C=N–C) groups is 1. The second-order valence-electron chi connectivity index (χ2n) is 3.93. The molecule has 2 heterocycles. The molecule has 3 heteroatoms. The van der Waals surface area contributed by atoms with Gasteiger partial charge >= 0.3 is 0 Å². The van der Waals surface area contributed by atoms with E-state index in [1.807, 2.05) is 20.0 Å². The van der Waals surface area contributed by atoms with Crippen molar-refractivity contribution in [1.82, 2.24) is 4.98 Å². The number of aryl methyl sites for hydroxylation is 2. The molecule has 2 nitrogen and oxygen atoms in total. The predicted molar refractivity (Wildman–Crippen MR) is 64.2 cm³/mol. The largest absolute Gasteiger partial charge is 0.261 e. The standard InChI is InChI=1S/C12H13ClN2/c1-7-4-8(2)14-6-11(7)10-5-9(3)15-12(10)13/h4,6H,5H2,1-3H3. The van der Waals surface area contributed by atoms with Crippen LogP contribution in [0, 0.1) is 13.8 Å². The molecular weight excluding hydrogens is 208 g/mol. The normalized spacial score (nSPS) is 15.9. The van der Waals surface area contributed by atoms with Crippen LogP contribution < -0.4 is 0 Å². The number of pyridine rings is 1. The average Bonchev–Trinajstić information content (AvgIpc) is 2.45. The summed E-state index contributed by atoms with van der Waals surface area (Å²) < 4.78 is 0. The van der Waals surface area contributed by atoms with E-state index in [0.29, 0.717) is 5.16 Å². The first-order chi connectivity index (χ1) is 7.08. The Morgan fingerprint density at radius 3 is 2.53 bits per heavy atom. The first-order valence-corrected chi connectivity index (χ1v) is 5.32. The Bertz CT molecular complexity index is 473. The Morgan fingerprint density at radius 2 is 2.00 bits per heavy atom. The van der Waals surface area contributed by atoms with Crippen LogP contribution in [0.3, 0.4) is 0 Å². The molecule has 1 aliphatic heterocycles. The summed E-state index contributed by atoms with van der Waals surface area (Å²) in [6.07, 6.45) is 2.72. The molecule has 1 aromatic rings. The fraction of sp³-hybridized carbons (Fsp3) is 0.333. The van der Waals surface area contributed by atoms with Crippen molar-refractivity contribution in [3.8, 4) is 0 Å². The number of rotatable bonds is 1. The van der Waals surface area contributed by atoms with Crippen molar-refractivity contribution in [3.63, 3.8) is 0 Å². The molecule has 1 aliphatic rings. The van der Waals surface area contributed by atoms with Crippen molar-refractivity contribution in [1.29, 1.82) is 0 Å². The first kappa shape index (κ1) is 10.4. The molecule has 15 heavy (non-hydrogen) atoms. The maximum Gasteiger partial charge on any atom is 0.133 e. The zero-order chi connectivity index (χ0) is 11.0. The van der Waals surface area contributed by atoms with Gasteiger partial charge in [0.15, 0.2) is 0 Å². The van der Waals surface area contributed by atoms with Gasteiger partial charge in [-0.15, -0.1) is 0 Å². The first-order valence-electron chi connectivity index (χ1n) is 4.94. The maximum atomic E-state index is 6.08. The summed E-state index contributed by atoms with van der Waals surface area (Å²) in [5.41, 5.74) is 5.52. The minimum Gasteiger partial charge on any atom is -0.261 e. The van der Waals surface area contributed by atoms with Crippen molar-refractivity contribution < 1.29 is 0 Å². The molecule has 0 aliphatic carbocycles. The number of allylic oxidation sites excluding steroid dienone is 1. The van der Waals surface area contributed by atoms with Crippen molar-refractivity contribution in [2.24, 2.45) is 4.99 Å². The highest BCUT2D eigenvalue weighted by Crippen LogP contribution is 2.32. The van der Waals surface area contributed by atoms with Gasteiger partial charge in [0.1, 0.15) is 5.16 Å². The van der Waals surface area contributed by atoms with E-state index < -0.39 is 0 Å². The summed E-state index contributed by atoms with van der Waals surface area (Å²) >= 11 is 6.08. The number of hydrogen-bond acceptors (Lipinski definition) is 2. The molecule has 0 saturated carbocycles. The topological polar surface area (TPSA) is 25.2 Å². The fourth-order valence-corrected chi connectivity index (χ4v) is 2.14. The number of aromatic nitrogens is 1. The second kappa shape index (κ2) is 3.78. The van der Waals surface area contributed by atoms with E-state index in [9.17, 15) is 0 Å². The maximum absolute atomic E-state index is 6.08. The highest BCUT2D eigenvalue weighted by Gasteiger charge is 2.17. The van der Waals surface area contributed by atoms with E-state index >= 15 is 0 Å². The second-order valence-corrected chi connectivity index (χ2v) is 4.29. The summed E-state index contributed by atoms with van der Waals surface area (Å²) in [7, 11) is 0. The molecule has 0 aromatic carbocycles. The monoisotopic (exact) mass is 220 g/mol. The quantitative estimate of drug-likeness (QED) is 0.666. The third-order valence-corrected chi connectivity index (χ3v) is 2.86. The summed E-state index contributed by atoms with van der Waals surface area (Å²) in [6.45, 7) is 6.06. The van der Waals surface area contributed by atoms with Gasteiger partial charge < -0.3 is 0 Å². The van der Waals surface area contributed by atoms with Gasteiger partial charge in [0.05, 0.1) is 0 Å². The van der Waals surface area contributed by atoms with Crippen LogP contribution in [0.5, 0.6) is 0 Å². The predicted octanol–water partition coefficient (Wildman–Crippen LogP) is 3.47. The molecule has 0 N–H and O–H groups in total. The lowest BCUT2D eigenvalue weighted by Gasteiger charge is -2.07. The lowest BCUT2D eigenvalue weighted by Crippen LogP contribution is -1.94. The molecule has 78 valence electrons. The van der Waals surface area contributed by atoms with E-state index in [0.717, 1.165) is 29.0 Å². The third-order valence-electron chi connectivity index (χ3n) is 2.54. The van der Waals surface area contributed by atoms with Crippen LogP contribution in [0.15, 0.2) is 22.4 Å². The molecule has 0 unspecified atom stereocenters. The van der Waals surface area contributed by atoms with Crippen molar-refractivity contribution in [2.75, 3.05) is 0 Å². The summed E-state index contributed by atoms with van der Waals surface area (Å²) in [5.74, 6) is 0. The summed E-state index contributed by atoms with van der Waals surface area (Å²) in [6, 6.07) is 2.07. The van der Waals surface area contributed by atoms with Crippen molar-refractivity contribution in [3.05, 3.63) is 34.2 Å². The van der Waals surface area contributed by atoms with Crippen LogP contribution in [0.4, 0.5) is 0 Å². The fourth-order valence-electron chi connectivity index (χ4n) is 1.82. The van der Waals surface area contributed by atoms with E-state index in [4.69, 9.17) is 11.6 Å². The Balaban J connectivity index is 2.45. The van der Waals surface area contributed by atoms with Gasteiger partial charge in [-0.05, 0) is 32.4 Å². The highest BCUT2D eigenvalue weighted by molar-refractivity contribution is 6.35. The van der Waals surface area contributed by atoms with E-state index in [-0.39, 0.29) is 0 Å². The van der Waals surface area contributed by atoms with Crippen LogP contribution in [0.25, 0.3) is 5.57 Å². The average molecular weight is 221 g/mol. The highest BCUT2D eigenvalue weighted by atomic mass is 35.5. The Labute approximate surface area is 94.7 Å². The van der Waals surface area contributed by atoms with Crippen LogP contribution in [0.1, 0.15) is 30.2 Å². The van der Waals surface area contributed by atoms with Gasteiger partial charge in [-0.2, -0.15) is 0 Å². The van der Waals surface area contributed by atoms with Crippen molar-refractivity contribution >= 4 is 22.9 Å². The van der Waals surface area contributed by atoms with E-state index in [1.165, 1.54) is 5.56 Å². The van der Waals surface area contributed by atoms with Crippen LogP contribution >= 0.6 is 11.6 Å². The molecular formula is C12H13ClN2. The Morgan fingerprint density at radius 1 is 1.27 bits per heavy atom. The molecule has 0 bridgehead atoms. The molecule has 0 saturated heterocycles. The van der Waals surface area contributed by atoms with Gasteiger partial charge in [0.2, 0.25) is 0 Å². The molecule has 1 aromatic heterocycles. The van der Waals surface area contributed by atoms with Crippen LogP contribution in [0.2, 0.25) is 0 Å². The molecule has 0 spiro atoms. The lowest BCUT2D eigenvalue weighted by atomic mass is 10.0. The van der Waals surface area contributed by atoms with E-state index in [1.54, 1.807) is 0 Å². The lowest BCUT2D eigenvalue weighted by molar-refractivity contribution is 1.16. The Kier molecular flexibility index (Phi) is 2.61. The zero-order valence-electron chi connectivity index (χ0n) is 9.13. The van der Waals surface area contributed by atoms with E-state index in [2.05, 4.69) is 23.0 Å². The number of hydrogen-bond donors (Lipinski definition) is 0. The van der Waals surface area contributed by atoms with Gasteiger partial charge in [-0.3, -0.25) is 4.98 Å². The molecule has 0 radical (unpaired) electrons. The molecule has 0 atom stereocenters. The van der Waals surface area contributed by atoms with Crippen LogP contribution in [-0.4, -0.2) is 10.7 Å². The SMILES string of the molecule is CC1=NC(Cl)=C(c2cnc(C)cc2C)C1. The smallest absolute Gasteiger partial charge is 0.133 e. The van der Waals surface area contributed by atoms with Gasteiger partial charge in [0.25, 0.3) is 0 Å². The molecule has 0 fully saturated rings. The number of halogens is 1. The summed E-state index contributed by atoms with van der Waals surface area (Å²) in [4.78, 5) is 8.54. The zero-order valence-corrected chi connectivity index (χ0v) is 9.89.